The summed E-state index contributed by atoms with van der Waals surface area (Å²) in [6, 6.07) is 22.6. The number of sulfonamides is 1. The van der Waals surface area contributed by atoms with E-state index in [-0.39, 0.29) is 4.90 Å². The zero-order valence-corrected chi connectivity index (χ0v) is 16.9. The van der Waals surface area contributed by atoms with Gasteiger partial charge in [0.25, 0.3) is 10.0 Å². The number of hydrogen-bond acceptors (Lipinski definition) is 4. The lowest BCUT2D eigenvalue weighted by Crippen LogP contribution is -2.13. The number of nitrogens with one attached hydrogen (secondary N) is 2. The molecule has 0 radical (unpaired) electrons. The van der Waals surface area contributed by atoms with Crippen LogP contribution in [0.25, 0.3) is 0 Å². The van der Waals surface area contributed by atoms with Crippen molar-refractivity contribution >= 4 is 27.8 Å². The van der Waals surface area contributed by atoms with Gasteiger partial charge in [-0.2, -0.15) is 5.26 Å². The van der Waals surface area contributed by atoms with E-state index in [1.165, 1.54) is 17.7 Å². The van der Waals surface area contributed by atoms with Crippen LogP contribution in [0.15, 0.2) is 77.7 Å². The molecule has 3 rings (SSSR count). The molecule has 0 fully saturated rings. The fourth-order valence-corrected chi connectivity index (χ4v) is 3.50. The Morgan fingerprint density at radius 1 is 0.862 bits per heavy atom. The Kier molecular flexibility index (Phi) is 7.52. The van der Waals surface area contributed by atoms with Crippen molar-refractivity contribution in [1.82, 2.24) is 0 Å². The molecule has 0 spiro atoms. The summed E-state index contributed by atoms with van der Waals surface area (Å²) in [6.45, 7) is 3.82. The van der Waals surface area contributed by atoms with Crippen LogP contribution < -0.4 is 10.0 Å². The minimum atomic E-state index is -3.63. The van der Waals surface area contributed by atoms with Gasteiger partial charge in [-0.1, -0.05) is 35.9 Å². The summed E-state index contributed by atoms with van der Waals surface area (Å²) >= 11 is 0. The molecule has 0 saturated heterocycles. The minimum Gasteiger partial charge on any atom is -0.329 e. The van der Waals surface area contributed by atoms with E-state index in [9.17, 15) is 13.2 Å². The third kappa shape index (κ3) is 6.79. The Morgan fingerprint density at radius 3 is 2.07 bits per heavy atom. The first-order valence-corrected chi connectivity index (χ1v) is 10.2. The predicted molar refractivity (Wildman–Crippen MR) is 114 cm³/mol. The zero-order valence-electron chi connectivity index (χ0n) is 16.1. The lowest BCUT2D eigenvalue weighted by Gasteiger charge is -2.10. The topological polar surface area (TPSA) is 99.1 Å². The Bertz CT molecular complexity index is 1100. The highest BCUT2D eigenvalue weighted by atomic mass is 32.2. The SMILES string of the molecule is Cc1cc(NC=O)cc(NS(=O)(=O)c2ccccc2)c1.Cc1ccc(C#N)cc1. The number of anilines is 2. The van der Waals surface area contributed by atoms with Crippen LogP contribution in [0.3, 0.4) is 0 Å². The molecule has 0 atom stereocenters. The van der Waals surface area contributed by atoms with Crippen LogP contribution >= 0.6 is 0 Å². The predicted octanol–water partition coefficient (Wildman–Crippen LogP) is 4.23. The summed E-state index contributed by atoms with van der Waals surface area (Å²) in [7, 11) is -3.63. The second-order valence-electron chi connectivity index (χ2n) is 6.25. The molecule has 0 saturated carbocycles. The number of nitrogens with zero attached hydrogens (tertiary/aromatic N) is 1. The highest BCUT2D eigenvalue weighted by molar-refractivity contribution is 7.92. The molecule has 148 valence electrons. The van der Waals surface area contributed by atoms with E-state index in [2.05, 4.69) is 16.1 Å². The van der Waals surface area contributed by atoms with Crippen LogP contribution in [0.5, 0.6) is 0 Å². The van der Waals surface area contributed by atoms with Gasteiger partial charge >= 0.3 is 0 Å². The van der Waals surface area contributed by atoms with Crippen LogP contribution in [-0.4, -0.2) is 14.8 Å². The molecule has 29 heavy (non-hydrogen) atoms. The van der Waals surface area contributed by atoms with Gasteiger partial charge < -0.3 is 5.32 Å². The average molecular weight is 407 g/mol. The minimum absolute atomic E-state index is 0.186. The number of carbonyl (C=O) groups is 1. The second kappa shape index (κ2) is 10.1. The van der Waals surface area contributed by atoms with Gasteiger partial charge in [-0.3, -0.25) is 9.52 Å². The number of benzene rings is 3. The number of amides is 1. The van der Waals surface area contributed by atoms with Crippen molar-refractivity contribution in [2.75, 3.05) is 10.0 Å². The molecular weight excluding hydrogens is 386 g/mol. The van der Waals surface area contributed by atoms with Gasteiger partial charge in [-0.05, 0) is 61.9 Å². The van der Waals surface area contributed by atoms with E-state index in [4.69, 9.17) is 5.26 Å². The van der Waals surface area contributed by atoms with Crippen molar-refractivity contribution in [3.8, 4) is 6.07 Å². The van der Waals surface area contributed by atoms with Crippen molar-refractivity contribution < 1.29 is 13.2 Å². The fraction of sp³-hybridized carbons (Fsp3) is 0.0909. The van der Waals surface area contributed by atoms with Crippen molar-refractivity contribution in [3.63, 3.8) is 0 Å². The van der Waals surface area contributed by atoms with Crippen molar-refractivity contribution in [2.45, 2.75) is 18.7 Å². The molecule has 0 unspecified atom stereocenters. The molecule has 7 heteroatoms. The number of aryl methyl sites for hydroxylation is 2. The molecule has 0 aliphatic rings. The van der Waals surface area contributed by atoms with Crippen molar-refractivity contribution in [1.29, 1.82) is 5.26 Å². The first-order chi connectivity index (χ1) is 13.8. The van der Waals surface area contributed by atoms with E-state index >= 15 is 0 Å². The molecule has 0 aromatic heterocycles. The first kappa shape index (κ1) is 21.7. The molecule has 3 aromatic rings. The maximum absolute atomic E-state index is 12.2. The van der Waals surface area contributed by atoms with Crippen LogP contribution in [0, 0.1) is 25.2 Å². The normalized spacial score (nSPS) is 10.1. The Balaban J connectivity index is 0.000000278. The number of carbonyl (C=O) groups excluding carboxylic acids is 1. The molecule has 0 bridgehead atoms. The summed E-state index contributed by atoms with van der Waals surface area (Å²) in [6.07, 6.45) is 0.546. The van der Waals surface area contributed by atoms with Gasteiger partial charge in [0.05, 0.1) is 22.2 Å². The van der Waals surface area contributed by atoms with E-state index < -0.39 is 10.0 Å². The molecular formula is C22H21N3O3S. The summed E-state index contributed by atoms with van der Waals surface area (Å²) in [5, 5.41) is 10.9. The van der Waals surface area contributed by atoms with Gasteiger partial charge in [0.15, 0.2) is 0 Å². The van der Waals surface area contributed by atoms with E-state index in [0.717, 1.165) is 11.1 Å². The molecule has 1 amide bonds. The summed E-state index contributed by atoms with van der Waals surface area (Å²) in [5.41, 5.74) is 3.68. The average Bonchev–Trinajstić information content (AvgIpc) is 2.69. The van der Waals surface area contributed by atoms with Gasteiger partial charge in [-0.15, -0.1) is 0 Å². The quantitative estimate of drug-likeness (QED) is 0.618. The van der Waals surface area contributed by atoms with Crippen molar-refractivity contribution in [2.24, 2.45) is 0 Å². The van der Waals surface area contributed by atoms with Gasteiger partial charge in [0.2, 0.25) is 6.41 Å². The summed E-state index contributed by atoms with van der Waals surface area (Å²) < 4.78 is 26.9. The monoisotopic (exact) mass is 407 g/mol. The largest absolute Gasteiger partial charge is 0.329 e. The van der Waals surface area contributed by atoms with Gasteiger partial charge in [0, 0.05) is 5.69 Å². The number of nitriles is 1. The standard InChI is InChI=1S/C14H14N2O3S.C8H7N/c1-11-7-12(15-10-17)9-13(8-11)16-20(18,19)14-5-3-2-4-6-14;1-7-2-4-8(6-9)5-3-7/h2-10,16H,1H3,(H,15,17);2-5H,1H3. The fourth-order valence-electron chi connectivity index (χ4n) is 2.44. The summed E-state index contributed by atoms with van der Waals surface area (Å²) in [5.74, 6) is 0. The molecule has 3 aromatic carbocycles. The third-order valence-corrected chi connectivity index (χ3v) is 5.19. The maximum atomic E-state index is 12.2. The maximum Gasteiger partial charge on any atom is 0.261 e. The Morgan fingerprint density at radius 2 is 1.48 bits per heavy atom. The van der Waals surface area contributed by atoms with Crippen molar-refractivity contribution in [3.05, 3.63) is 89.5 Å². The molecule has 0 aliphatic carbocycles. The Hall–Kier alpha value is -3.63. The van der Waals surface area contributed by atoms with Gasteiger partial charge in [-0.25, -0.2) is 8.42 Å². The van der Waals surface area contributed by atoms with Crippen LogP contribution in [0.2, 0.25) is 0 Å². The molecule has 2 N–H and O–H groups in total. The Labute approximate surface area is 170 Å². The van der Waals surface area contributed by atoms with Crippen LogP contribution in [-0.2, 0) is 14.8 Å². The van der Waals surface area contributed by atoms with Gasteiger partial charge in [0.1, 0.15) is 0 Å². The lowest BCUT2D eigenvalue weighted by molar-refractivity contribution is -0.105. The van der Waals surface area contributed by atoms with Crippen LogP contribution in [0.1, 0.15) is 16.7 Å². The molecule has 0 heterocycles. The zero-order chi connectivity index (χ0) is 21.3. The highest BCUT2D eigenvalue weighted by Gasteiger charge is 2.13. The van der Waals surface area contributed by atoms with Crippen LogP contribution in [0.4, 0.5) is 11.4 Å². The summed E-state index contributed by atoms with van der Waals surface area (Å²) in [4.78, 5) is 10.6. The number of rotatable bonds is 5. The number of hydrogen-bond donors (Lipinski definition) is 2. The highest BCUT2D eigenvalue weighted by Crippen LogP contribution is 2.21. The van der Waals surface area contributed by atoms with E-state index in [0.29, 0.717) is 17.8 Å². The van der Waals surface area contributed by atoms with E-state index in [1.807, 2.05) is 38.1 Å². The molecule has 6 nitrogen and oxygen atoms in total. The smallest absolute Gasteiger partial charge is 0.261 e. The second-order valence-corrected chi connectivity index (χ2v) is 7.93. The molecule has 0 aliphatic heterocycles. The lowest BCUT2D eigenvalue weighted by atomic mass is 10.2. The third-order valence-electron chi connectivity index (χ3n) is 3.79. The first-order valence-electron chi connectivity index (χ1n) is 8.70. The van der Waals surface area contributed by atoms with E-state index in [1.54, 1.807) is 36.4 Å².